The molecule has 0 saturated carbocycles. The zero-order valence-corrected chi connectivity index (χ0v) is 20.9. The molecule has 0 heterocycles. The molecule has 34 heavy (non-hydrogen) atoms. The highest BCUT2D eigenvalue weighted by molar-refractivity contribution is 7.92. The van der Waals surface area contributed by atoms with Crippen LogP contribution in [0.25, 0.3) is 10.8 Å². The summed E-state index contributed by atoms with van der Waals surface area (Å²) in [6, 6.07) is 18.9. The number of carbonyl (C=O) groups is 2. The van der Waals surface area contributed by atoms with Crippen LogP contribution < -0.4 is 9.62 Å². The van der Waals surface area contributed by atoms with E-state index >= 15 is 0 Å². The quantitative estimate of drug-likeness (QED) is 0.483. The van der Waals surface area contributed by atoms with Crippen LogP contribution >= 0.6 is 11.6 Å². The molecule has 2 amide bonds. The van der Waals surface area contributed by atoms with Crippen molar-refractivity contribution in [3.63, 3.8) is 0 Å². The number of fused-ring (bicyclic) bond motifs is 1. The molecule has 0 aliphatic carbocycles. The van der Waals surface area contributed by atoms with Gasteiger partial charge in [-0.3, -0.25) is 13.9 Å². The fraction of sp³-hybridized carbons (Fsp3) is 0.280. The second-order valence-corrected chi connectivity index (χ2v) is 10.3. The van der Waals surface area contributed by atoms with Crippen molar-refractivity contribution in [3.05, 3.63) is 77.3 Å². The Morgan fingerprint density at radius 1 is 1.00 bits per heavy atom. The minimum absolute atomic E-state index is 0.0595. The summed E-state index contributed by atoms with van der Waals surface area (Å²) >= 11 is 6.31. The van der Waals surface area contributed by atoms with Gasteiger partial charge in [0.2, 0.25) is 21.8 Å². The lowest BCUT2D eigenvalue weighted by molar-refractivity contribution is -0.139. The molecule has 0 spiro atoms. The van der Waals surface area contributed by atoms with Crippen LogP contribution in [0, 0.1) is 0 Å². The molecule has 0 bridgehead atoms. The largest absolute Gasteiger partial charge is 0.355 e. The van der Waals surface area contributed by atoms with Crippen LogP contribution in [0.5, 0.6) is 0 Å². The van der Waals surface area contributed by atoms with E-state index in [9.17, 15) is 18.0 Å². The Kier molecular flexibility index (Phi) is 8.17. The van der Waals surface area contributed by atoms with E-state index in [1.165, 1.54) is 4.90 Å². The van der Waals surface area contributed by atoms with Gasteiger partial charge in [0.1, 0.15) is 12.6 Å². The SMILES string of the molecule is CCNC(=O)C(C)N(Cc1ccccc1Cl)C(=O)CN(c1cccc2ccccc12)S(C)(=O)=O. The van der Waals surface area contributed by atoms with Crippen molar-refractivity contribution in [2.75, 3.05) is 23.7 Å². The molecular weight excluding hydrogens is 474 g/mol. The lowest BCUT2D eigenvalue weighted by atomic mass is 10.1. The standard InChI is InChI=1S/C25H28ClN3O4S/c1-4-27-25(31)18(2)28(16-20-11-6-8-14-22(20)26)24(30)17-29(34(3,32)33)23-15-9-12-19-10-5-7-13-21(19)23/h5-15,18H,4,16-17H2,1-3H3,(H,27,31). The van der Waals surface area contributed by atoms with Gasteiger partial charge in [-0.25, -0.2) is 8.42 Å². The van der Waals surface area contributed by atoms with Crippen molar-refractivity contribution in [1.29, 1.82) is 0 Å². The number of carbonyl (C=O) groups excluding carboxylic acids is 2. The molecule has 0 aromatic heterocycles. The number of nitrogens with zero attached hydrogens (tertiary/aromatic N) is 2. The summed E-state index contributed by atoms with van der Waals surface area (Å²) in [5.41, 5.74) is 1.06. The van der Waals surface area contributed by atoms with E-state index in [1.54, 1.807) is 50.2 Å². The first kappa shape index (κ1) is 25.5. The summed E-state index contributed by atoms with van der Waals surface area (Å²) in [6.45, 7) is 3.41. The molecule has 7 nitrogen and oxygen atoms in total. The highest BCUT2D eigenvalue weighted by atomic mass is 35.5. The summed E-state index contributed by atoms with van der Waals surface area (Å²) < 4.78 is 26.7. The third-order valence-electron chi connectivity index (χ3n) is 5.53. The van der Waals surface area contributed by atoms with Crippen LogP contribution in [0.2, 0.25) is 5.02 Å². The Hall–Kier alpha value is -3.10. The number of sulfonamides is 1. The summed E-state index contributed by atoms with van der Waals surface area (Å²) in [5, 5.41) is 4.74. The molecule has 1 N–H and O–H groups in total. The number of rotatable bonds is 9. The maximum Gasteiger partial charge on any atom is 0.244 e. The van der Waals surface area contributed by atoms with Crippen LogP contribution in [0.3, 0.4) is 0 Å². The zero-order valence-electron chi connectivity index (χ0n) is 19.4. The van der Waals surface area contributed by atoms with Crippen molar-refractivity contribution in [2.24, 2.45) is 0 Å². The van der Waals surface area contributed by atoms with Gasteiger partial charge >= 0.3 is 0 Å². The Balaban J connectivity index is 2.01. The van der Waals surface area contributed by atoms with Gasteiger partial charge in [-0.1, -0.05) is 66.2 Å². The maximum atomic E-state index is 13.6. The van der Waals surface area contributed by atoms with E-state index in [2.05, 4.69) is 5.32 Å². The number of nitrogens with one attached hydrogen (secondary N) is 1. The van der Waals surface area contributed by atoms with Gasteiger partial charge in [-0.2, -0.15) is 0 Å². The molecule has 1 atom stereocenters. The molecule has 3 aromatic carbocycles. The average Bonchev–Trinajstić information content (AvgIpc) is 2.80. The Bertz CT molecular complexity index is 1290. The predicted octanol–water partition coefficient (Wildman–Crippen LogP) is 3.81. The summed E-state index contributed by atoms with van der Waals surface area (Å²) in [6.07, 6.45) is 1.06. The summed E-state index contributed by atoms with van der Waals surface area (Å²) in [5.74, 6) is -0.851. The number of amides is 2. The zero-order chi connectivity index (χ0) is 24.9. The van der Waals surface area contributed by atoms with Crippen molar-refractivity contribution < 1.29 is 18.0 Å². The predicted molar refractivity (Wildman–Crippen MR) is 136 cm³/mol. The fourth-order valence-electron chi connectivity index (χ4n) is 3.74. The number of benzene rings is 3. The first-order chi connectivity index (χ1) is 16.1. The molecule has 3 rings (SSSR count). The van der Waals surface area contributed by atoms with Crippen LogP contribution in [0.1, 0.15) is 19.4 Å². The minimum Gasteiger partial charge on any atom is -0.355 e. The third kappa shape index (κ3) is 5.87. The molecule has 0 aliphatic heterocycles. The number of halogens is 1. The molecular formula is C25H28ClN3O4S. The second-order valence-electron chi connectivity index (χ2n) is 7.95. The molecule has 0 saturated heterocycles. The Morgan fingerprint density at radius 2 is 1.65 bits per heavy atom. The number of hydrogen-bond acceptors (Lipinski definition) is 4. The van der Waals surface area contributed by atoms with E-state index in [4.69, 9.17) is 11.6 Å². The number of hydrogen-bond donors (Lipinski definition) is 1. The number of likely N-dealkylation sites (N-methyl/N-ethyl adjacent to an activating group) is 1. The van der Waals surface area contributed by atoms with Crippen molar-refractivity contribution in [1.82, 2.24) is 10.2 Å². The van der Waals surface area contributed by atoms with Crippen LogP contribution in [0.15, 0.2) is 66.7 Å². The normalized spacial score (nSPS) is 12.2. The van der Waals surface area contributed by atoms with Gasteiger partial charge in [0, 0.05) is 23.5 Å². The number of anilines is 1. The van der Waals surface area contributed by atoms with E-state index in [1.807, 2.05) is 30.3 Å². The Morgan fingerprint density at radius 3 is 2.32 bits per heavy atom. The van der Waals surface area contributed by atoms with Gasteiger partial charge in [-0.15, -0.1) is 0 Å². The molecule has 180 valence electrons. The van der Waals surface area contributed by atoms with Gasteiger partial charge < -0.3 is 10.2 Å². The maximum absolute atomic E-state index is 13.6. The minimum atomic E-state index is -3.82. The summed E-state index contributed by atoms with van der Waals surface area (Å²) in [7, 11) is -3.82. The molecule has 0 fully saturated rings. The average molecular weight is 502 g/mol. The Labute approximate surface area is 205 Å². The molecule has 9 heteroatoms. The van der Waals surface area contributed by atoms with Crippen LogP contribution in [-0.2, 0) is 26.2 Å². The molecule has 0 aliphatic rings. The van der Waals surface area contributed by atoms with Crippen LogP contribution in [-0.4, -0.2) is 50.5 Å². The van der Waals surface area contributed by atoms with Gasteiger partial charge in [0.05, 0.1) is 11.9 Å². The van der Waals surface area contributed by atoms with Crippen molar-refractivity contribution in [3.8, 4) is 0 Å². The van der Waals surface area contributed by atoms with Gasteiger partial charge in [0.25, 0.3) is 0 Å². The molecule has 3 aromatic rings. The van der Waals surface area contributed by atoms with Gasteiger partial charge in [-0.05, 0) is 36.9 Å². The highest BCUT2D eigenvalue weighted by Gasteiger charge is 2.30. The van der Waals surface area contributed by atoms with E-state index in [0.29, 0.717) is 28.2 Å². The van der Waals surface area contributed by atoms with Crippen molar-refractivity contribution >= 4 is 49.9 Å². The lowest BCUT2D eigenvalue weighted by Crippen LogP contribution is -2.51. The van der Waals surface area contributed by atoms with Gasteiger partial charge in [0.15, 0.2) is 0 Å². The first-order valence-corrected chi connectivity index (χ1v) is 13.1. The van der Waals surface area contributed by atoms with E-state index < -0.39 is 28.5 Å². The first-order valence-electron chi connectivity index (χ1n) is 10.9. The van der Waals surface area contributed by atoms with Crippen molar-refractivity contribution in [2.45, 2.75) is 26.4 Å². The van der Waals surface area contributed by atoms with E-state index in [0.717, 1.165) is 15.9 Å². The van der Waals surface area contributed by atoms with Crippen LogP contribution in [0.4, 0.5) is 5.69 Å². The highest BCUT2D eigenvalue weighted by Crippen LogP contribution is 2.29. The third-order valence-corrected chi connectivity index (χ3v) is 7.03. The molecule has 0 radical (unpaired) electrons. The second kappa shape index (κ2) is 10.9. The lowest BCUT2D eigenvalue weighted by Gasteiger charge is -2.32. The monoisotopic (exact) mass is 501 g/mol. The smallest absolute Gasteiger partial charge is 0.244 e. The summed E-state index contributed by atoms with van der Waals surface area (Å²) in [4.78, 5) is 27.6. The molecule has 1 unspecified atom stereocenters. The fourth-order valence-corrected chi connectivity index (χ4v) is 4.79. The topological polar surface area (TPSA) is 86.8 Å². The van der Waals surface area contributed by atoms with E-state index in [-0.39, 0.29) is 12.5 Å².